The second kappa shape index (κ2) is 4.17. The van der Waals surface area contributed by atoms with Gasteiger partial charge in [0.25, 0.3) is 0 Å². The van der Waals surface area contributed by atoms with Crippen LogP contribution >= 0.6 is 15.9 Å². The van der Waals surface area contributed by atoms with Crippen molar-refractivity contribution in [2.75, 3.05) is 4.90 Å². The Morgan fingerprint density at radius 3 is 2.25 bits per heavy atom. The third kappa shape index (κ3) is 1.51. The number of amides is 2. The Bertz CT molecular complexity index is 599. The zero-order valence-corrected chi connectivity index (χ0v) is 12.9. The number of carbonyl (C=O) groups excluding carboxylic acids is 2. The number of hydrogen-bond acceptors (Lipinski definition) is 2. The molecule has 2 saturated carbocycles. The highest BCUT2D eigenvalue weighted by molar-refractivity contribution is 9.10. The number of carbonyl (C=O) groups is 2. The van der Waals surface area contributed by atoms with Crippen molar-refractivity contribution < 1.29 is 9.59 Å². The molecule has 3 aliphatic rings. The third-order valence-electron chi connectivity index (χ3n) is 5.33. The lowest BCUT2D eigenvalue weighted by molar-refractivity contribution is -0.123. The smallest absolute Gasteiger partial charge is 0.237 e. The van der Waals surface area contributed by atoms with Crippen LogP contribution in [-0.4, -0.2) is 11.8 Å². The van der Waals surface area contributed by atoms with E-state index in [0.29, 0.717) is 11.8 Å². The van der Waals surface area contributed by atoms with Gasteiger partial charge in [0.2, 0.25) is 11.8 Å². The van der Waals surface area contributed by atoms with Gasteiger partial charge in [-0.2, -0.15) is 0 Å². The van der Waals surface area contributed by atoms with Gasteiger partial charge in [-0.05, 0) is 61.8 Å². The lowest BCUT2D eigenvalue weighted by atomic mass is 9.81. The standard InChI is InChI=1S/C16H16BrNO2/c1-8-6-11(4-5-12(8)17)18-15(19)13-9-2-3-10(7-9)14(13)16(18)20/h4-6,9-10,13-14H,2-3,7H2,1H3/t9-,10-,13+,14+/m0/s1. The van der Waals surface area contributed by atoms with Gasteiger partial charge in [0, 0.05) is 4.47 Å². The maximum atomic E-state index is 12.7. The van der Waals surface area contributed by atoms with Gasteiger partial charge in [-0.25, -0.2) is 0 Å². The fourth-order valence-electron chi connectivity index (χ4n) is 4.43. The minimum atomic E-state index is -0.0368. The summed E-state index contributed by atoms with van der Waals surface area (Å²) in [7, 11) is 0. The Labute approximate surface area is 126 Å². The Hall–Kier alpha value is -1.16. The molecule has 0 N–H and O–H groups in total. The Morgan fingerprint density at radius 1 is 1.10 bits per heavy atom. The normalized spacial score (nSPS) is 35.0. The molecule has 4 atom stereocenters. The number of imide groups is 1. The van der Waals surface area contributed by atoms with E-state index in [0.717, 1.165) is 35.0 Å². The molecule has 2 amide bonds. The molecule has 20 heavy (non-hydrogen) atoms. The molecule has 1 aliphatic heterocycles. The van der Waals surface area contributed by atoms with Crippen LogP contribution in [0.4, 0.5) is 5.69 Å². The van der Waals surface area contributed by atoms with E-state index in [1.165, 1.54) is 4.90 Å². The zero-order valence-electron chi connectivity index (χ0n) is 11.3. The molecule has 1 heterocycles. The molecule has 0 unspecified atom stereocenters. The number of rotatable bonds is 1. The van der Waals surface area contributed by atoms with Crippen molar-refractivity contribution in [3.8, 4) is 0 Å². The Balaban J connectivity index is 1.74. The Morgan fingerprint density at radius 2 is 1.70 bits per heavy atom. The minimum absolute atomic E-state index is 0.0360. The van der Waals surface area contributed by atoms with E-state index in [4.69, 9.17) is 0 Å². The number of fused-ring (bicyclic) bond motifs is 5. The van der Waals surface area contributed by atoms with Crippen molar-refractivity contribution in [1.29, 1.82) is 0 Å². The molecule has 2 aliphatic carbocycles. The van der Waals surface area contributed by atoms with E-state index >= 15 is 0 Å². The predicted octanol–water partition coefficient (Wildman–Crippen LogP) is 3.29. The predicted molar refractivity (Wildman–Crippen MR) is 79.2 cm³/mol. The zero-order chi connectivity index (χ0) is 14.0. The van der Waals surface area contributed by atoms with Crippen molar-refractivity contribution >= 4 is 33.4 Å². The summed E-state index contributed by atoms with van der Waals surface area (Å²) < 4.78 is 1.00. The van der Waals surface area contributed by atoms with Gasteiger partial charge in [-0.1, -0.05) is 15.9 Å². The molecule has 1 saturated heterocycles. The summed E-state index contributed by atoms with van der Waals surface area (Å²) in [6.07, 6.45) is 3.33. The quantitative estimate of drug-likeness (QED) is 0.739. The lowest BCUT2D eigenvalue weighted by Gasteiger charge is -2.19. The highest BCUT2D eigenvalue weighted by Gasteiger charge is 2.61. The Kier molecular flexibility index (Phi) is 2.62. The molecule has 3 nitrogen and oxygen atoms in total. The molecule has 1 aromatic rings. The van der Waals surface area contributed by atoms with Crippen LogP contribution in [-0.2, 0) is 9.59 Å². The summed E-state index contributed by atoms with van der Waals surface area (Å²) in [5.41, 5.74) is 1.78. The van der Waals surface area contributed by atoms with Crippen molar-refractivity contribution in [2.45, 2.75) is 26.2 Å². The second-order valence-electron chi connectivity index (χ2n) is 6.33. The fourth-order valence-corrected chi connectivity index (χ4v) is 4.68. The fraction of sp³-hybridized carbons (Fsp3) is 0.500. The first-order valence-corrected chi connectivity index (χ1v) is 8.01. The van der Waals surface area contributed by atoms with Gasteiger partial charge in [-0.15, -0.1) is 0 Å². The third-order valence-corrected chi connectivity index (χ3v) is 6.22. The van der Waals surface area contributed by atoms with E-state index in [2.05, 4.69) is 15.9 Å². The lowest BCUT2D eigenvalue weighted by Crippen LogP contribution is -2.32. The van der Waals surface area contributed by atoms with Crippen molar-refractivity contribution in [2.24, 2.45) is 23.7 Å². The van der Waals surface area contributed by atoms with E-state index < -0.39 is 0 Å². The van der Waals surface area contributed by atoms with Crippen molar-refractivity contribution in [3.63, 3.8) is 0 Å². The molecule has 3 fully saturated rings. The number of halogens is 1. The molecule has 1 aromatic carbocycles. The number of anilines is 1. The number of nitrogens with zero attached hydrogens (tertiary/aromatic N) is 1. The van der Waals surface area contributed by atoms with Gasteiger partial charge >= 0.3 is 0 Å². The molecule has 0 aromatic heterocycles. The summed E-state index contributed by atoms with van der Waals surface area (Å²) in [6.45, 7) is 1.98. The van der Waals surface area contributed by atoms with Crippen molar-refractivity contribution in [3.05, 3.63) is 28.2 Å². The van der Waals surface area contributed by atoms with Crippen LogP contribution in [0, 0.1) is 30.6 Å². The first kappa shape index (κ1) is 12.6. The van der Waals surface area contributed by atoms with Crippen LogP contribution in [0.3, 0.4) is 0 Å². The van der Waals surface area contributed by atoms with Crippen LogP contribution < -0.4 is 4.90 Å². The van der Waals surface area contributed by atoms with Gasteiger partial charge in [0.1, 0.15) is 0 Å². The molecule has 0 radical (unpaired) electrons. The molecular formula is C16H16BrNO2. The first-order chi connectivity index (χ1) is 9.58. The van der Waals surface area contributed by atoms with Crippen LogP contribution in [0.15, 0.2) is 22.7 Å². The highest BCUT2D eigenvalue weighted by Crippen LogP contribution is 2.56. The van der Waals surface area contributed by atoms with Crippen LogP contribution in [0.1, 0.15) is 24.8 Å². The molecule has 0 spiro atoms. The van der Waals surface area contributed by atoms with E-state index in [9.17, 15) is 9.59 Å². The topological polar surface area (TPSA) is 37.4 Å². The molecular weight excluding hydrogens is 318 g/mol. The number of benzene rings is 1. The van der Waals surface area contributed by atoms with E-state index in [1.807, 2.05) is 25.1 Å². The van der Waals surface area contributed by atoms with Crippen LogP contribution in [0.5, 0.6) is 0 Å². The van der Waals surface area contributed by atoms with Gasteiger partial charge in [0.05, 0.1) is 17.5 Å². The number of aryl methyl sites for hydroxylation is 1. The summed E-state index contributed by atoms with van der Waals surface area (Å²) in [5.74, 6) is 0.893. The van der Waals surface area contributed by atoms with E-state index in [-0.39, 0.29) is 23.7 Å². The SMILES string of the molecule is Cc1cc(N2C(=O)[C@@H]3[C@H]4CC[C@@H](C4)[C@H]3C2=O)ccc1Br. The average molecular weight is 334 g/mol. The highest BCUT2D eigenvalue weighted by atomic mass is 79.9. The molecule has 4 rings (SSSR count). The minimum Gasteiger partial charge on any atom is -0.274 e. The molecule has 104 valence electrons. The van der Waals surface area contributed by atoms with Gasteiger partial charge < -0.3 is 0 Å². The monoisotopic (exact) mass is 333 g/mol. The van der Waals surface area contributed by atoms with Gasteiger partial charge in [0.15, 0.2) is 0 Å². The van der Waals surface area contributed by atoms with Crippen LogP contribution in [0.2, 0.25) is 0 Å². The maximum Gasteiger partial charge on any atom is 0.237 e. The summed E-state index contributed by atoms with van der Waals surface area (Å²) in [5, 5.41) is 0. The van der Waals surface area contributed by atoms with Crippen molar-refractivity contribution in [1.82, 2.24) is 0 Å². The largest absolute Gasteiger partial charge is 0.274 e. The first-order valence-electron chi connectivity index (χ1n) is 7.22. The molecule has 4 heteroatoms. The van der Waals surface area contributed by atoms with Crippen LogP contribution in [0.25, 0.3) is 0 Å². The second-order valence-corrected chi connectivity index (χ2v) is 7.18. The van der Waals surface area contributed by atoms with Gasteiger partial charge in [-0.3, -0.25) is 14.5 Å². The summed E-state index contributed by atoms with van der Waals surface area (Å²) in [6, 6.07) is 5.69. The maximum absolute atomic E-state index is 12.7. The summed E-state index contributed by atoms with van der Waals surface area (Å²) >= 11 is 3.46. The van der Waals surface area contributed by atoms with E-state index in [1.54, 1.807) is 0 Å². The average Bonchev–Trinajstić information content (AvgIpc) is 3.08. The summed E-state index contributed by atoms with van der Waals surface area (Å²) in [4.78, 5) is 26.8. The molecule has 2 bridgehead atoms. The number of hydrogen-bond donors (Lipinski definition) is 0.